The predicted octanol–water partition coefficient (Wildman–Crippen LogP) is 1.98. The van der Waals surface area contributed by atoms with Crippen molar-refractivity contribution in [2.75, 3.05) is 0 Å². The van der Waals surface area contributed by atoms with Crippen LogP contribution in [-0.4, -0.2) is 9.78 Å². The van der Waals surface area contributed by atoms with Crippen molar-refractivity contribution in [3.63, 3.8) is 0 Å². The van der Waals surface area contributed by atoms with Crippen molar-refractivity contribution in [1.82, 2.24) is 15.2 Å². The number of hydrogen-bond donors (Lipinski definition) is 2. The second-order valence-electron chi connectivity index (χ2n) is 4.43. The van der Waals surface area contributed by atoms with Crippen LogP contribution >= 0.6 is 0 Å². The van der Waals surface area contributed by atoms with Gasteiger partial charge in [0.25, 0.3) is 0 Å². The van der Waals surface area contributed by atoms with Crippen LogP contribution in [0.4, 0.5) is 0 Å². The lowest BCUT2D eigenvalue weighted by molar-refractivity contribution is 0.343. The zero-order valence-corrected chi connectivity index (χ0v) is 11.0. The number of hydrazine groups is 1. The maximum Gasteiger partial charge on any atom is 0.0644 e. The normalized spacial score (nSPS) is 13.4. The molecular weight excluding hydrogens is 200 g/mol. The fourth-order valence-corrected chi connectivity index (χ4v) is 2.46. The molecule has 0 bridgehead atoms. The fraction of sp³-hybridized carbons (Fsp3) is 0.750. The highest BCUT2D eigenvalue weighted by atomic mass is 15.3. The Balaban J connectivity index is 3.12. The average Bonchev–Trinajstić information content (AvgIpc) is 2.51. The summed E-state index contributed by atoms with van der Waals surface area (Å²) in [5.41, 5.74) is 6.50. The molecule has 0 radical (unpaired) electrons. The lowest BCUT2D eigenvalue weighted by Crippen LogP contribution is -2.34. The van der Waals surface area contributed by atoms with Crippen LogP contribution < -0.4 is 11.3 Å². The first kappa shape index (κ1) is 13.2. The highest BCUT2D eigenvalue weighted by Crippen LogP contribution is 2.30. The number of nitrogens with zero attached hydrogens (tertiary/aromatic N) is 2. The van der Waals surface area contributed by atoms with E-state index in [4.69, 9.17) is 5.84 Å². The van der Waals surface area contributed by atoms with Gasteiger partial charge < -0.3 is 0 Å². The van der Waals surface area contributed by atoms with Gasteiger partial charge in [0.05, 0.1) is 11.7 Å². The van der Waals surface area contributed by atoms with Crippen LogP contribution in [0.5, 0.6) is 0 Å². The summed E-state index contributed by atoms with van der Waals surface area (Å²) in [5.74, 6) is 6.28. The molecule has 0 aliphatic carbocycles. The third-order valence-corrected chi connectivity index (χ3v) is 3.58. The molecule has 16 heavy (non-hydrogen) atoms. The van der Waals surface area contributed by atoms with Crippen LogP contribution in [0.2, 0.25) is 0 Å². The van der Waals surface area contributed by atoms with Crippen LogP contribution in [0.25, 0.3) is 0 Å². The first-order valence-corrected chi connectivity index (χ1v) is 6.02. The van der Waals surface area contributed by atoms with Gasteiger partial charge in [0.1, 0.15) is 0 Å². The first-order chi connectivity index (χ1) is 7.56. The van der Waals surface area contributed by atoms with Crippen molar-refractivity contribution < 1.29 is 0 Å². The summed E-state index contributed by atoms with van der Waals surface area (Å²) >= 11 is 0. The van der Waals surface area contributed by atoms with Gasteiger partial charge in [0, 0.05) is 18.3 Å². The topological polar surface area (TPSA) is 55.9 Å². The predicted molar refractivity (Wildman–Crippen MR) is 66.8 cm³/mol. The fourth-order valence-electron chi connectivity index (χ4n) is 2.46. The van der Waals surface area contributed by atoms with Gasteiger partial charge in [-0.05, 0) is 19.8 Å². The lowest BCUT2D eigenvalue weighted by Gasteiger charge is -2.25. The summed E-state index contributed by atoms with van der Waals surface area (Å²) in [4.78, 5) is 0. The Kier molecular flexibility index (Phi) is 4.50. The van der Waals surface area contributed by atoms with Crippen molar-refractivity contribution >= 4 is 0 Å². The first-order valence-electron chi connectivity index (χ1n) is 6.02. The summed E-state index contributed by atoms with van der Waals surface area (Å²) in [7, 11) is 1.98. The molecule has 1 unspecified atom stereocenters. The highest BCUT2D eigenvalue weighted by molar-refractivity contribution is 5.28. The van der Waals surface area contributed by atoms with Gasteiger partial charge in [-0.15, -0.1) is 0 Å². The number of nitrogens with two attached hydrogens (primary N) is 1. The Labute approximate surface area is 98.2 Å². The van der Waals surface area contributed by atoms with Crippen LogP contribution in [0, 0.1) is 19.8 Å². The van der Waals surface area contributed by atoms with Crippen molar-refractivity contribution in [1.29, 1.82) is 0 Å². The largest absolute Gasteiger partial charge is 0.272 e. The molecule has 1 atom stereocenters. The number of aryl methyl sites for hydroxylation is 2. The summed E-state index contributed by atoms with van der Waals surface area (Å²) < 4.78 is 1.93. The third-order valence-electron chi connectivity index (χ3n) is 3.58. The molecule has 1 aromatic rings. The Morgan fingerprint density at radius 2 is 1.88 bits per heavy atom. The molecule has 0 saturated heterocycles. The minimum atomic E-state index is 0.212. The number of hydrogen-bond acceptors (Lipinski definition) is 3. The molecule has 1 rings (SSSR count). The minimum Gasteiger partial charge on any atom is -0.272 e. The number of aromatic nitrogens is 2. The Morgan fingerprint density at radius 3 is 2.19 bits per heavy atom. The molecule has 0 amide bonds. The summed E-state index contributed by atoms with van der Waals surface area (Å²) in [6.45, 7) is 8.57. The van der Waals surface area contributed by atoms with E-state index in [1.807, 2.05) is 11.7 Å². The van der Waals surface area contributed by atoms with Gasteiger partial charge in [-0.25, -0.2) is 0 Å². The highest BCUT2D eigenvalue weighted by Gasteiger charge is 2.24. The molecule has 0 aliphatic rings. The number of nitrogens with one attached hydrogen (secondary N) is 1. The van der Waals surface area contributed by atoms with E-state index in [1.165, 1.54) is 11.3 Å². The molecule has 0 spiro atoms. The SMILES string of the molecule is CCC(CC)C(NN)c1c(C)nn(C)c1C. The summed E-state index contributed by atoms with van der Waals surface area (Å²) in [6.07, 6.45) is 2.25. The van der Waals surface area contributed by atoms with E-state index in [9.17, 15) is 0 Å². The zero-order valence-electron chi connectivity index (χ0n) is 11.0. The van der Waals surface area contributed by atoms with E-state index < -0.39 is 0 Å². The van der Waals surface area contributed by atoms with Gasteiger partial charge in [-0.1, -0.05) is 26.7 Å². The molecule has 0 fully saturated rings. The second kappa shape index (κ2) is 5.46. The van der Waals surface area contributed by atoms with Gasteiger partial charge in [0.15, 0.2) is 0 Å². The van der Waals surface area contributed by atoms with E-state index >= 15 is 0 Å². The van der Waals surface area contributed by atoms with E-state index in [-0.39, 0.29) is 6.04 Å². The summed E-state index contributed by atoms with van der Waals surface area (Å²) in [5, 5.41) is 4.45. The van der Waals surface area contributed by atoms with Crippen LogP contribution in [0.15, 0.2) is 0 Å². The van der Waals surface area contributed by atoms with Crippen molar-refractivity contribution in [2.45, 2.75) is 46.6 Å². The van der Waals surface area contributed by atoms with Gasteiger partial charge in [-0.2, -0.15) is 5.10 Å². The molecule has 3 N–H and O–H groups in total. The van der Waals surface area contributed by atoms with Crippen LogP contribution in [0.3, 0.4) is 0 Å². The van der Waals surface area contributed by atoms with Gasteiger partial charge in [0.2, 0.25) is 0 Å². The van der Waals surface area contributed by atoms with E-state index in [0.717, 1.165) is 18.5 Å². The molecule has 0 aromatic carbocycles. The molecule has 4 heteroatoms. The standard InChI is InChI=1S/C12H24N4/c1-6-10(7-2)12(14-13)11-8(3)15-16(5)9(11)4/h10,12,14H,6-7,13H2,1-5H3. The summed E-state index contributed by atoms with van der Waals surface area (Å²) in [6, 6.07) is 0.212. The molecular formula is C12H24N4. The van der Waals surface area contributed by atoms with Crippen molar-refractivity contribution in [2.24, 2.45) is 18.8 Å². The van der Waals surface area contributed by atoms with Crippen molar-refractivity contribution in [3.05, 3.63) is 17.0 Å². The van der Waals surface area contributed by atoms with Gasteiger partial charge >= 0.3 is 0 Å². The minimum absolute atomic E-state index is 0.212. The molecule has 0 saturated carbocycles. The number of rotatable bonds is 5. The molecule has 1 aromatic heterocycles. The average molecular weight is 224 g/mol. The Bertz CT molecular complexity index is 339. The van der Waals surface area contributed by atoms with Crippen molar-refractivity contribution in [3.8, 4) is 0 Å². The maximum atomic E-state index is 5.72. The quantitative estimate of drug-likeness (QED) is 0.594. The van der Waals surface area contributed by atoms with Crippen LogP contribution in [0.1, 0.15) is 49.7 Å². The zero-order chi connectivity index (χ0) is 12.3. The van der Waals surface area contributed by atoms with Crippen LogP contribution in [-0.2, 0) is 7.05 Å². The third kappa shape index (κ3) is 2.28. The van der Waals surface area contributed by atoms with Gasteiger partial charge in [-0.3, -0.25) is 16.0 Å². The Morgan fingerprint density at radius 1 is 1.31 bits per heavy atom. The smallest absolute Gasteiger partial charge is 0.0644 e. The van der Waals surface area contributed by atoms with E-state index in [2.05, 4.69) is 38.2 Å². The van der Waals surface area contributed by atoms with E-state index in [1.54, 1.807) is 0 Å². The maximum absolute atomic E-state index is 5.72. The molecule has 4 nitrogen and oxygen atoms in total. The molecule has 0 aliphatic heterocycles. The second-order valence-corrected chi connectivity index (χ2v) is 4.43. The molecule has 92 valence electrons. The lowest BCUT2D eigenvalue weighted by atomic mass is 9.88. The Hall–Kier alpha value is -0.870. The van der Waals surface area contributed by atoms with E-state index in [0.29, 0.717) is 5.92 Å². The molecule has 1 heterocycles. The monoisotopic (exact) mass is 224 g/mol.